The summed E-state index contributed by atoms with van der Waals surface area (Å²) in [5.74, 6) is -0.0536. The van der Waals surface area contributed by atoms with Crippen LogP contribution in [0.5, 0.6) is 11.8 Å². The maximum atomic E-state index is 11.0. The van der Waals surface area contributed by atoms with E-state index in [1.807, 2.05) is 6.92 Å². The van der Waals surface area contributed by atoms with Crippen LogP contribution in [0.2, 0.25) is 0 Å². The highest BCUT2D eigenvalue weighted by atomic mass is 16.5. The van der Waals surface area contributed by atoms with E-state index in [-0.39, 0.29) is 11.7 Å². The van der Waals surface area contributed by atoms with Gasteiger partial charge >= 0.3 is 6.01 Å². The summed E-state index contributed by atoms with van der Waals surface area (Å²) in [5.41, 5.74) is 12.4. The number of aryl methyl sites for hydroxylation is 1. The van der Waals surface area contributed by atoms with E-state index in [1.54, 1.807) is 18.2 Å². The first-order chi connectivity index (χ1) is 8.56. The standard InChI is InChI=1S/C12H12N4O2/c1-7-6-8(13)2-3-10(7)18-12-15-5-4-9(16-12)11(14)17/h2-6H,13H2,1H3,(H2,14,17). The number of carbonyl (C=O) groups is 1. The second kappa shape index (κ2) is 4.70. The molecule has 0 saturated carbocycles. The van der Waals surface area contributed by atoms with Crippen LogP contribution in [-0.4, -0.2) is 15.9 Å². The molecule has 0 fully saturated rings. The number of aromatic nitrogens is 2. The number of hydrogen-bond donors (Lipinski definition) is 2. The van der Waals surface area contributed by atoms with Crippen LogP contribution in [0.15, 0.2) is 30.5 Å². The number of hydrogen-bond acceptors (Lipinski definition) is 5. The van der Waals surface area contributed by atoms with Crippen molar-refractivity contribution >= 4 is 11.6 Å². The van der Waals surface area contributed by atoms with Crippen molar-refractivity contribution in [3.8, 4) is 11.8 Å². The van der Waals surface area contributed by atoms with E-state index in [1.165, 1.54) is 12.3 Å². The van der Waals surface area contributed by atoms with Gasteiger partial charge in [-0.1, -0.05) is 0 Å². The quantitative estimate of drug-likeness (QED) is 0.791. The molecule has 0 unspecified atom stereocenters. The molecular weight excluding hydrogens is 232 g/mol. The van der Waals surface area contributed by atoms with Gasteiger partial charge in [-0.25, -0.2) is 4.98 Å². The summed E-state index contributed by atoms with van der Waals surface area (Å²) in [6.07, 6.45) is 1.41. The molecule has 6 nitrogen and oxygen atoms in total. The predicted octanol–water partition coefficient (Wildman–Crippen LogP) is 1.26. The molecule has 18 heavy (non-hydrogen) atoms. The predicted molar refractivity (Wildman–Crippen MR) is 66.2 cm³/mol. The summed E-state index contributed by atoms with van der Waals surface area (Å²) >= 11 is 0. The molecule has 1 heterocycles. The second-order valence-corrected chi connectivity index (χ2v) is 3.72. The Kier molecular flexibility index (Phi) is 3.09. The largest absolute Gasteiger partial charge is 0.424 e. The number of carbonyl (C=O) groups excluding carboxylic acids is 1. The average molecular weight is 244 g/mol. The minimum atomic E-state index is -0.628. The molecule has 0 aliphatic carbocycles. The van der Waals surface area contributed by atoms with Gasteiger partial charge in [-0.3, -0.25) is 4.79 Å². The lowest BCUT2D eigenvalue weighted by molar-refractivity contribution is 0.0994. The highest BCUT2D eigenvalue weighted by Gasteiger charge is 2.07. The van der Waals surface area contributed by atoms with E-state index in [4.69, 9.17) is 16.2 Å². The molecule has 2 rings (SSSR count). The molecule has 1 amide bonds. The summed E-state index contributed by atoms with van der Waals surface area (Å²) < 4.78 is 5.47. The van der Waals surface area contributed by atoms with Crippen molar-refractivity contribution in [2.45, 2.75) is 6.92 Å². The second-order valence-electron chi connectivity index (χ2n) is 3.72. The van der Waals surface area contributed by atoms with Gasteiger partial charge in [-0.2, -0.15) is 4.98 Å². The third-order valence-corrected chi connectivity index (χ3v) is 2.29. The summed E-state index contributed by atoms with van der Waals surface area (Å²) in [6, 6.07) is 6.68. The van der Waals surface area contributed by atoms with E-state index in [2.05, 4.69) is 9.97 Å². The maximum Gasteiger partial charge on any atom is 0.322 e. The van der Waals surface area contributed by atoms with Crippen molar-refractivity contribution in [2.75, 3.05) is 5.73 Å². The smallest absolute Gasteiger partial charge is 0.322 e. The zero-order valence-corrected chi connectivity index (χ0v) is 9.75. The van der Waals surface area contributed by atoms with Gasteiger partial charge in [0.15, 0.2) is 0 Å². The first-order valence-corrected chi connectivity index (χ1v) is 5.23. The maximum absolute atomic E-state index is 11.0. The Hall–Kier alpha value is -2.63. The highest BCUT2D eigenvalue weighted by Crippen LogP contribution is 2.24. The number of nitrogen functional groups attached to an aromatic ring is 1. The van der Waals surface area contributed by atoms with E-state index < -0.39 is 5.91 Å². The van der Waals surface area contributed by atoms with Crippen molar-refractivity contribution in [3.63, 3.8) is 0 Å². The Morgan fingerprint density at radius 3 is 2.78 bits per heavy atom. The third-order valence-electron chi connectivity index (χ3n) is 2.29. The third kappa shape index (κ3) is 2.54. The molecule has 0 saturated heterocycles. The van der Waals surface area contributed by atoms with Gasteiger partial charge in [0, 0.05) is 11.9 Å². The summed E-state index contributed by atoms with van der Waals surface area (Å²) in [7, 11) is 0. The van der Waals surface area contributed by atoms with E-state index in [0.717, 1.165) is 5.56 Å². The highest BCUT2D eigenvalue weighted by molar-refractivity contribution is 5.90. The van der Waals surface area contributed by atoms with Crippen LogP contribution < -0.4 is 16.2 Å². The van der Waals surface area contributed by atoms with Gasteiger partial charge in [0.2, 0.25) is 0 Å². The molecule has 92 valence electrons. The Balaban J connectivity index is 2.28. The molecule has 4 N–H and O–H groups in total. The topological polar surface area (TPSA) is 104 Å². The Bertz CT molecular complexity index is 598. The van der Waals surface area contributed by atoms with Gasteiger partial charge in [0.25, 0.3) is 5.91 Å². The lowest BCUT2D eigenvalue weighted by atomic mass is 10.2. The summed E-state index contributed by atoms with van der Waals surface area (Å²) in [6.45, 7) is 1.85. The number of primary amides is 1. The summed E-state index contributed by atoms with van der Waals surface area (Å²) in [5, 5.41) is 0. The van der Waals surface area contributed by atoms with Gasteiger partial charge < -0.3 is 16.2 Å². The number of benzene rings is 1. The van der Waals surface area contributed by atoms with Crippen LogP contribution >= 0.6 is 0 Å². The Morgan fingerprint density at radius 2 is 2.11 bits per heavy atom. The first-order valence-electron chi connectivity index (χ1n) is 5.23. The first kappa shape index (κ1) is 11.8. The molecule has 2 aromatic rings. The van der Waals surface area contributed by atoms with Crippen LogP contribution in [0.25, 0.3) is 0 Å². The molecule has 1 aromatic heterocycles. The fourth-order valence-electron chi connectivity index (χ4n) is 1.41. The Morgan fingerprint density at radius 1 is 1.33 bits per heavy atom. The number of nitrogens with zero attached hydrogens (tertiary/aromatic N) is 2. The zero-order valence-electron chi connectivity index (χ0n) is 9.75. The van der Waals surface area contributed by atoms with Crippen molar-refractivity contribution in [3.05, 3.63) is 41.7 Å². The average Bonchev–Trinajstić information content (AvgIpc) is 2.33. The fraction of sp³-hybridized carbons (Fsp3) is 0.0833. The molecular formula is C12H12N4O2. The lowest BCUT2D eigenvalue weighted by Crippen LogP contribution is -2.13. The van der Waals surface area contributed by atoms with Crippen molar-refractivity contribution in [1.29, 1.82) is 0 Å². The summed E-state index contributed by atoms with van der Waals surface area (Å²) in [4.78, 5) is 18.8. The van der Waals surface area contributed by atoms with Crippen LogP contribution in [0.1, 0.15) is 16.1 Å². The van der Waals surface area contributed by atoms with Gasteiger partial charge in [0.1, 0.15) is 11.4 Å². The van der Waals surface area contributed by atoms with Gasteiger partial charge in [-0.15, -0.1) is 0 Å². The van der Waals surface area contributed by atoms with Gasteiger partial charge in [0.05, 0.1) is 0 Å². The molecule has 0 aliphatic heterocycles. The zero-order chi connectivity index (χ0) is 13.1. The molecule has 1 aromatic carbocycles. The van der Waals surface area contributed by atoms with Gasteiger partial charge in [-0.05, 0) is 36.8 Å². The minimum absolute atomic E-state index is 0.0687. The number of anilines is 1. The molecule has 0 spiro atoms. The fourth-order valence-corrected chi connectivity index (χ4v) is 1.41. The van der Waals surface area contributed by atoms with E-state index in [9.17, 15) is 4.79 Å². The number of nitrogens with two attached hydrogens (primary N) is 2. The molecule has 0 atom stereocenters. The van der Waals surface area contributed by atoms with Crippen molar-refractivity contribution < 1.29 is 9.53 Å². The number of rotatable bonds is 3. The van der Waals surface area contributed by atoms with E-state index in [0.29, 0.717) is 11.4 Å². The number of ether oxygens (including phenoxy) is 1. The monoisotopic (exact) mass is 244 g/mol. The van der Waals surface area contributed by atoms with Crippen LogP contribution in [-0.2, 0) is 0 Å². The molecule has 6 heteroatoms. The Labute approximate surface area is 104 Å². The SMILES string of the molecule is Cc1cc(N)ccc1Oc1nccc(C(N)=O)n1. The normalized spacial score (nSPS) is 10.1. The molecule has 0 bridgehead atoms. The van der Waals surface area contributed by atoms with E-state index >= 15 is 0 Å². The van der Waals surface area contributed by atoms with Crippen molar-refractivity contribution in [2.24, 2.45) is 5.73 Å². The van der Waals surface area contributed by atoms with Crippen molar-refractivity contribution in [1.82, 2.24) is 9.97 Å². The number of amides is 1. The van der Waals surface area contributed by atoms with Crippen LogP contribution in [0, 0.1) is 6.92 Å². The molecule has 0 aliphatic rings. The lowest BCUT2D eigenvalue weighted by Gasteiger charge is -2.07. The van der Waals surface area contributed by atoms with Crippen LogP contribution in [0.3, 0.4) is 0 Å². The molecule has 0 radical (unpaired) electrons. The minimum Gasteiger partial charge on any atom is -0.424 e. The van der Waals surface area contributed by atoms with Crippen LogP contribution in [0.4, 0.5) is 5.69 Å².